The van der Waals surface area contributed by atoms with Crippen LogP contribution in [0.25, 0.3) is 10.9 Å². The van der Waals surface area contributed by atoms with E-state index in [0.29, 0.717) is 23.7 Å². The summed E-state index contributed by atoms with van der Waals surface area (Å²) in [4.78, 5) is 31.9. The number of anilines is 2. The zero-order valence-corrected chi connectivity index (χ0v) is 16.6. The van der Waals surface area contributed by atoms with E-state index in [-0.39, 0.29) is 24.8 Å². The molecule has 0 unspecified atom stereocenters. The minimum atomic E-state index is -0.113. The normalized spacial score (nSPS) is 13.5. The summed E-state index contributed by atoms with van der Waals surface area (Å²) in [6.45, 7) is 1.34. The maximum Gasteiger partial charge on any atom is 0.265 e. The van der Waals surface area contributed by atoms with E-state index in [9.17, 15) is 9.59 Å². The molecule has 29 heavy (non-hydrogen) atoms. The molecule has 0 fully saturated rings. The number of carbonyl (C=O) groups is 2. The molecule has 7 nitrogen and oxygen atoms in total. The van der Waals surface area contributed by atoms with Crippen molar-refractivity contribution in [1.29, 1.82) is 0 Å². The SMILES string of the molecule is CN(C)CCN1C(=O)COc2ccc(NC(=O)Cc3c[nH]c4ccccc34)cc21. The summed E-state index contributed by atoms with van der Waals surface area (Å²) in [5.41, 5.74) is 3.29. The van der Waals surface area contributed by atoms with Gasteiger partial charge in [0.15, 0.2) is 6.61 Å². The van der Waals surface area contributed by atoms with Gasteiger partial charge in [-0.3, -0.25) is 9.59 Å². The van der Waals surface area contributed by atoms with Crippen LogP contribution in [0, 0.1) is 0 Å². The minimum Gasteiger partial charge on any atom is -0.482 e. The Labute approximate surface area is 169 Å². The van der Waals surface area contributed by atoms with Gasteiger partial charge in [-0.15, -0.1) is 0 Å². The van der Waals surface area contributed by atoms with E-state index in [0.717, 1.165) is 23.0 Å². The molecule has 7 heteroatoms. The molecular weight excluding hydrogens is 368 g/mol. The average Bonchev–Trinajstić information content (AvgIpc) is 3.10. The van der Waals surface area contributed by atoms with Crippen molar-refractivity contribution >= 4 is 34.1 Å². The number of likely N-dealkylation sites (N-methyl/N-ethyl adjacent to an activating group) is 1. The standard InChI is InChI=1S/C22H24N4O3/c1-25(2)9-10-26-19-12-16(7-8-20(19)29-14-22(26)28)24-21(27)11-15-13-23-18-6-4-3-5-17(15)18/h3-8,12-13,23H,9-11,14H2,1-2H3,(H,24,27). The average molecular weight is 392 g/mol. The number of carbonyl (C=O) groups excluding carboxylic acids is 2. The number of rotatable bonds is 6. The summed E-state index contributed by atoms with van der Waals surface area (Å²) in [6, 6.07) is 13.3. The number of ether oxygens (including phenoxy) is 1. The topological polar surface area (TPSA) is 77.7 Å². The molecule has 1 aliphatic rings. The van der Waals surface area contributed by atoms with Gasteiger partial charge in [0.1, 0.15) is 5.75 Å². The first-order valence-corrected chi connectivity index (χ1v) is 9.58. The van der Waals surface area contributed by atoms with E-state index >= 15 is 0 Å². The maximum atomic E-state index is 12.6. The Hall–Kier alpha value is -3.32. The third kappa shape index (κ3) is 4.09. The van der Waals surface area contributed by atoms with Gasteiger partial charge in [0.05, 0.1) is 12.1 Å². The lowest BCUT2D eigenvalue weighted by Gasteiger charge is -2.30. The molecule has 0 spiro atoms. The van der Waals surface area contributed by atoms with Crippen LogP contribution in [0.1, 0.15) is 5.56 Å². The number of aromatic amines is 1. The molecule has 0 radical (unpaired) electrons. The van der Waals surface area contributed by atoms with Crippen LogP contribution in [0.4, 0.5) is 11.4 Å². The summed E-state index contributed by atoms with van der Waals surface area (Å²) in [6.07, 6.45) is 2.13. The van der Waals surface area contributed by atoms with Gasteiger partial charge in [-0.1, -0.05) is 18.2 Å². The van der Waals surface area contributed by atoms with Crippen molar-refractivity contribution in [3.05, 3.63) is 54.2 Å². The van der Waals surface area contributed by atoms with Gasteiger partial charge in [-0.05, 0) is 43.9 Å². The minimum absolute atomic E-state index is 0.0344. The van der Waals surface area contributed by atoms with Crippen LogP contribution >= 0.6 is 0 Å². The highest BCUT2D eigenvalue weighted by atomic mass is 16.5. The van der Waals surface area contributed by atoms with E-state index in [1.165, 1.54) is 0 Å². The number of hydrogen-bond donors (Lipinski definition) is 2. The van der Waals surface area contributed by atoms with Crippen molar-refractivity contribution in [2.45, 2.75) is 6.42 Å². The van der Waals surface area contributed by atoms with Gasteiger partial charge in [0, 0.05) is 35.9 Å². The van der Waals surface area contributed by atoms with Crippen LogP contribution in [-0.2, 0) is 16.0 Å². The lowest BCUT2D eigenvalue weighted by atomic mass is 10.1. The predicted molar refractivity (Wildman–Crippen MR) is 113 cm³/mol. The first-order valence-electron chi connectivity index (χ1n) is 9.58. The summed E-state index contributed by atoms with van der Waals surface area (Å²) in [5, 5.41) is 3.98. The Morgan fingerprint density at radius 3 is 2.90 bits per heavy atom. The molecule has 4 rings (SSSR count). The van der Waals surface area contributed by atoms with Gasteiger partial charge in [0.25, 0.3) is 5.91 Å². The predicted octanol–water partition coefficient (Wildman–Crippen LogP) is 2.64. The highest BCUT2D eigenvalue weighted by Crippen LogP contribution is 2.34. The third-order valence-electron chi connectivity index (χ3n) is 4.98. The first kappa shape index (κ1) is 19.0. The molecule has 0 atom stereocenters. The van der Waals surface area contributed by atoms with Crippen molar-refractivity contribution in [3.63, 3.8) is 0 Å². The fourth-order valence-electron chi connectivity index (χ4n) is 3.48. The molecule has 2 aromatic carbocycles. The molecule has 0 saturated heterocycles. The number of fused-ring (bicyclic) bond motifs is 2. The fraction of sp³-hybridized carbons (Fsp3) is 0.273. The van der Waals surface area contributed by atoms with Crippen LogP contribution in [0.15, 0.2) is 48.7 Å². The largest absolute Gasteiger partial charge is 0.482 e. The zero-order valence-electron chi connectivity index (χ0n) is 16.6. The second-order valence-corrected chi connectivity index (χ2v) is 7.40. The quantitative estimate of drug-likeness (QED) is 0.676. The van der Waals surface area contributed by atoms with E-state index in [1.54, 1.807) is 23.1 Å². The molecule has 2 N–H and O–H groups in total. The number of nitrogens with one attached hydrogen (secondary N) is 2. The van der Waals surface area contributed by atoms with Crippen molar-refractivity contribution in [2.24, 2.45) is 0 Å². The molecule has 150 valence electrons. The van der Waals surface area contributed by atoms with Gasteiger partial charge < -0.3 is 24.8 Å². The van der Waals surface area contributed by atoms with Gasteiger partial charge >= 0.3 is 0 Å². The van der Waals surface area contributed by atoms with Crippen LogP contribution < -0.4 is 15.0 Å². The van der Waals surface area contributed by atoms with Gasteiger partial charge in [0.2, 0.25) is 5.91 Å². The Bertz CT molecular complexity index is 1060. The molecule has 0 saturated carbocycles. The lowest BCUT2D eigenvalue weighted by molar-refractivity contribution is -0.121. The molecule has 0 aliphatic carbocycles. The number of H-pyrrole nitrogens is 1. The van der Waals surface area contributed by atoms with Crippen LogP contribution in [0.3, 0.4) is 0 Å². The van der Waals surface area contributed by atoms with E-state index < -0.39 is 0 Å². The van der Waals surface area contributed by atoms with E-state index in [4.69, 9.17) is 4.74 Å². The van der Waals surface area contributed by atoms with Crippen molar-refractivity contribution in [3.8, 4) is 5.75 Å². The Kier molecular flexibility index (Phi) is 5.22. The number of nitrogens with zero attached hydrogens (tertiary/aromatic N) is 2. The highest BCUT2D eigenvalue weighted by Gasteiger charge is 2.26. The second kappa shape index (κ2) is 7.97. The Balaban J connectivity index is 1.50. The molecule has 2 amide bonds. The first-order chi connectivity index (χ1) is 14.0. The van der Waals surface area contributed by atoms with Gasteiger partial charge in [-0.2, -0.15) is 0 Å². The van der Waals surface area contributed by atoms with Gasteiger partial charge in [-0.25, -0.2) is 0 Å². The third-order valence-corrected chi connectivity index (χ3v) is 4.98. The lowest BCUT2D eigenvalue weighted by Crippen LogP contribution is -2.42. The van der Waals surface area contributed by atoms with Crippen molar-refractivity contribution < 1.29 is 14.3 Å². The maximum absolute atomic E-state index is 12.6. The molecule has 1 aliphatic heterocycles. The number of amides is 2. The Morgan fingerprint density at radius 1 is 1.24 bits per heavy atom. The summed E-state index contributed by atoms with van der Waals surface area (Å²) < 4.78 is 5.54. The van der Waals surface area contributed by atoms with Crippen LogP contribution in [0.2, 0.25) is 0 Å². The van der Waals surface area contributed by atoms with Crippen molar-refractivity contribution in [1.82, 2.24) is 9.88 Å². The van der Waals surface area contributed by atoms with E-state index in [2.05, 4.69) is 10.3 Å². The summed E-state index contributed by atoms with van der Waals surface area (Å²) in [7, 11) is 3.93. The van der Waals surface area contributed by atoms with Crippen molar-refractivity contribution in [2.75, 3.05) is 44.0 Å². The second-order valence-electron chi connectivity index (χ2n) is 7.40. The number of para-hydroxylation sites is 1. The molecule has 3 aromatic rings. The molecule has 0 bridgehead atoms. The molecule has 2 heterocycles. The zero-order chi connectivity index (χ0) is 20.4. The highest BCUT2D eigenvalue weighted by molar-refractivity contribution is 6.00. The van der Waals surface area contributed by atoms with E-state index in [1.807, 2.05) is 49.5 Å². The Morgan fingerprint density at radius 2 is 2.07 bits per heavy atom. The fourth-order valence-corrected chi connectivity index (χ4v) is 3.48. The summed E-state index contributed by atoms with van der Waals surface area (Å²) >= 11 is 0. The monoisotopic (exact) mass is 392 g/mol. The van der Waals surface area contributed by atoms with Crippen LogP contribution in [0.5, 0.6) is 5.75 Å². The number of benzene rings is 2. The smallest absolute Gasteiger partial charge is 0.265 e. The molecule has 1 aromatic heterocycles. The summed E-state index contributed by atoms with van der Waals surface area (Å²) in [5.74, 6) is 0.456. The number of hydrogen-bond acceptors (Lipinski definition) is 4. The molecular formula is C22H24N4O3. The number of aromatic nitrogens is 1. The van der Waals surface area contributed by atoms with Crippen LogP contribution in [-0.4, -0.2) is 55.5 Å².